The van der Waals surface area contributed by atoms with Crippen LogP contribution in [0.4, 0.5) is 0 Å². The van der Waals surface area contributed by atoms with E-state index in [1.165, 1.54) is 5.57 Å². The van der Waals surface area contributed by atoms with E-state index in [0.717, 1.165) is 32.5 Å². The molecule has 0 aliphatic heterocycles. The van der Waals surface area contributed by atoms with Crippen LogP contribution < -0.4 is 0 Å². The maximum atomic E-state index is 5.29. The van der Waals surface area contributed by atoms with Crippen molar-refractivity contribution in [2.24, 2.45) is 0 Å². The van der Waals surface area contributed by atoms with Crippen LogP contribution in [-0.4, -0.2) is 13.2 Å². The molecule has 1 heteroatoms. The normalized spacial score (nSPS) is 12.1. The van der Waals surface area contributed by atoms with Gasteiger partial charge in [-0.15, -0.1) is 0 Å². The molecule has 0 saturated heterocycles. The molecular weight excluding hydrogens is 136 g/mol. The van der Waals surface area contributed by atoms with Gasteiger partial charge in [0, 0.05) is 13.2 Å². The molecular formula is C10H19O. The van der Waals surface area contributed by atoms with Gasteiger partial charge in [-0.25, -0.2) is 0 Å². The maximum absolute atomic E-state index is 5.29. The molecule has 0 aromatic carbocycles. The summed E-state index contributed by atoms with van der Waals surface area (Å²) in [7, 11) is 0. The van der Waals surface area contributed by atoms with E-state index in [9.17, 15) is 0 Å². The molecule has 0 spiro atoms. The molecule has 0 amide bonds. The molecule has 11 heavy (non-hydrogen) atoms. The number of ether oxygens (including phenoxy) is 1. The number of hydrogen-bond donors (Lipinski definition) is 0. The van der Waals surface area contributed by atoms with Crippen LogP contribution in [-0.2, 0) is 4.74 Å². The summed E-state index contributed by atoms with van der Waals surface area (Å²) in [5, 5.41) is 0. The molecule has 0 rings (SSSR count). The van der Waals surface area contributed by atoms with Crippen molar-refractivity contribution >= 4 is 0 Å². The summed E-state index contributed by atoms with van der Waals surface area (Å²) in [6, 6.07) is 0. The lowest BCUT2D eigenvalue weighted by atomic mass is 10.2. The lowest BCUT2D eigenvalue weighted by Gasteiger charge is -2.01. The SMILES string of the molecule is [CH2]CCOCCCC(C)=CC. The molecule has 0 N–H and O–H groups in total. The fourth-order valence-electron chi connectivity index (χ4n) is 0.802. The fraction of sp³-hybridized carbons (Fsp3) is 0.700. The summed E-state index contributed by atoms with van der Waals surface area (Å²) in [5.41, 5.74) is 1.45. The third-order valence-electron chi connectivity index (χ3n) is 1.64. The second-order valence-corrected chi connectivity index (χ2v) is 2.70. The topological polar surface area (TPSA) is 9.23 Å². The minimum absolute atomic E-state index is 0.800. The lowest BCUT2D eigenvalue weighted by molar-refractivity contribution is 0.136. The van der Waals surface area contributed by atoms with E-state index < -0.39 is 0 Å². The Hall–Kier alpha value is -0.300. The molecule has 0 atom stereocenters. The summed E-state index contributed by atoms with van der Waals surface area (Å²) in [6.07, 6.45) is 5.33. The first kappa shape index (κ1) is 10.7. The van der Waals surface area contributed by atoms with Crippen LogP contribution in [0.15, 0.2) is 11.6 Å². The van der Waals surface area contributed by atoms with Crippen LogP contribution in [0.1, 0.15) is 33.1 Å². The van der Waals surface area contributed by atoms with Crippen molar-refractivity contribution in [3.05, 3.63) is 18.6 Å². The highest BCUT2D eigenvalue weighted by Gasteiger charge is 1.89. The first-order valence-electron chi connectivity index (χ1n) is 4.30. The minimum atomic E-state index is 0.800. The van der Waals surface area contributed by atoms with E-state index >= 15 is 0 Å². The third kappa shape index (κ3) is 7.60. The molecule has 0 aliphatic rings. The number of allylic oxidation sites excluding steroid dienone is 2. The molecule has 65 valence electrons. The van der Waals surface area contributed by atoms with E-state index in [0.29, 0.717) is 0 Å². The van der Waals surface area contributed by atoms with Gasteiger partial charge in [-0.3, -0.25) is 0 Å². The first-order chi connectivity index (χ1) is 5.31. The van der Waals surface area contributed by atoms with Crippen LogP contribution in [0.2, 0.25) is 0 Å². The van der Waals surface area contributed by atoms with Gasteiger partial charge in [0.25, 0.3) is 0 Å². The highest BCUT2D eigenvalue weighted by Crippen LogP contribution is 2.02. The van der Waals surface area contributed by atoms with Crippen molar-refractivity contribution in [1.29, 1.82) is 0 Å². The molecule has 0 aromatic heterocycles. The average molecular weight is 155 g/mol. The highest BCUT2D eigenvalue weighted by molar-refractivity contribution is 4.94. The molecule has 1 nitrogen and oxygen atoms in total. The Morgan fingerprint density at radius 2 is 2.18 bits per heavy atom. The Morgan fingerprint density at radius 3 is 2.73 bits per heavy atom. The summed E-state index contributed by atoms with van der Waals surface area (Å²) in [4.78, 5) is 0. The van der Waals surface area contributed by atoms with E-state index in [4.69, 9.17) is 4.74 Å². The zero-order valence-electron chi connectivity index (χ0n) is 7.73. The Morgan fingerprint density at radius 1 is 1.45 bits per heavy atom. The van der Waals surface area contributed by atoms with E-state index in [1.54, 1.807) is 0 Å². The van der Waals surface area contributed by atoms with Crippen LogP contribution in [0.25, 0.3) is 0 Å². The Balaban J connectivity index is 3.02. The predicted octanol–water partition coefficient (Wildman–Crippen LogP) is 2.97. The molecule has 0 saturated carbocycles. The quantitative estimate of drug-likeness (QED) is 0.423. The summed E-state index contributed by atoms with van der Waals surface area (Å²) >= 11 is 0. The van der Waals surface area contributed by atoms with Gasteiger partial charge in [-0.1, -0.05) is 18.6 Å². The molecule has 0 fully saturated rings. The van der Waals surface area contributed by atoms with Crippen LogP contribution in [0, 0.1) is 6.92 Å². The zero-order valence-corrected chi connectivity index (χ0v) is 7.73. The van der Waals surface area contributed by atoms with Gasteiger partial charge in [0.1, 0.15) is 0 Å². The van der Waals surface area contributed by atoms with Gasteiger partial charge in [-0.2, -0.15) is 0 Å². The van der Waals surface area contributed by atoms with Crippen LogP contribution >= 0.6 is 0 Å². The van der Waals surface area contributed by atoms with Gasteiger partial charge >= 0.3 is 0 Å². The molecule has 0 aliphatic carbocycles. The van der Waals surface area contributed by atoms with E-state index in [2.05, 4.69) is 26.8 Å². The van der Waals surface area contributed by atoms with Gasteiger partial charge < -0.3 is 4.74 Å². The molecule has 0 unspecified atom stereocenters. The Kier molecular flexibility index (Phi) is 7.59. The van der Waals surface area contributed by atoms with Crippen LogP contribution in [0.5, 0.6) is 0 Å². The van der Waals surface area contributed by atoms with Crippen molar-refractivity contribution < 1.29 is 4.74 Å². The largest absolute Gasteiger partial charge is 0.381 e. The van der Waals surface area contributed by atoms with Gasteiger partial charge in [-0.05, 0) is 33.1 Å². The minimum Gasteiger partial charge on any atom is -0.381 e. The fourth-order valence-corrected chi connectivity index (χ4v) is 0.802. The van der Waals surface area contributed by atoms with Gasteiger partial charge in [0.15, 0.2) is 0 Å². The van der Waals surface area contributed by atoms with Crippen molar-refractivity contribution in [3.63, 3.8) is 0 Å². The van der Waals surface area contributed by atoms with Gasteiger partial charge in [0.05, 0.1) is 0 Å². The van der Waals surface area contributed by atoms with Gasteiger partial charge in [0.2, 0.25) is 0 Å². The molecule has 0 heterocycles. The molecule has 1 radical (unpaired) electrons. The predicted molar refractivity (Wildman–Crippen MR) is 49.5 cm³/mol. The second-order valence-electron chi connectivity index (χ2n) is 2.70. The van der Waals surface area contributed by atoms with E-state index in [-0.39, 0.29) is 0 Å². The monoisotopic (exact) mass is 155 g/mol. The van der Waals surface area contributed by atoms with Crippen LogP contribution in [0.3, 0.4) is 0 Å². The Bertz CT molecular complexity index is 105. The van der Waals surface area contributed by atoms with Crippen molar-refractivity contribution in [2.75, 3.05) is 13.2 Å². The van der Waals surface area contributed by atoms with E-state index in [1.807, 2.05) is 0 Å². The van der Waals surface area contributed by atoms with Crippen molar-refractivity contribution in [1.82, 2.24) is 0 Å². The van der Waals surface area contributed by atoms with Crippen molar-refractivity contribution in [3.8, 4) is 0 Å². The maximum Gasteiger partial charge on any atom is 0.0469 e. The Labute approximate surface area is 70.4 Å². The van der Waals surface area contributed by atoms with Crippen molar-refractivity contribution in [2.45, 2.75) is 33.1 Å². The second kappa shape index (κ2) is 7.80. The standard InChI is InChI=1S/C10H19O/c1-4-8-11-9-6-7-10(3)5-2/h5H,1,4,6-9H2,2-3H3. The number of hydrogen-bond acceptors (Lipinski definition) is 1. The summed E-state index contributed by atoms with van der Waals surface area (Å²) in [6.45, 7) is 9.60. The average Bonchev–Trinajstić information content (AvgIpc) is 2.04. The zero-order chi connectivity index (χ0) is 8.53. The lowest BCUT2D eigenvalue weighted by Crippen LogP contribution is -1.95. The molecule has 0 aromatic rings. The summed E-state index contributed by atoms with van der Waals surface area (Å²) < 4.78 is 5.29. The molecule has 0 bridgehead atoms. The smallest absolute Gasteiger partial charge is 0.0469 e. The first-order valence-corrected chi connectivity index (χ1v) is 4.30. The number of rotatable bonds is 6. The summed E-state index contributed by atoms with van der Waals surface area (Å²) in [5.74, 6) is 0. The third-order valence-corrected chi connectivity index (χ3v) is 1.64. The highest BCUT2D eigenvalue weighted by atomic mass is 16.5.